The molecule has 90 valence electrons. The molecular weight excluding hydrogens is 212 g/mol. The van der Waals surface area contributed by atoms with Crippen LogP contribution in [0.25, 0.3) is 0 Å². The molecule has 2 unspecified atom stereocenters. The molecule has 0 aromatic heterocycles. The summed E-state index contributed by atoms with van der Waals surface area (Å²) in [5.41, 5.74) is 4.40. The Balaban J connectivity index is 2.03. The molecule has 2 heteroatoms. The van der Waals surface area contributed by atoms with E-state index in [0.29, 0.717) is 12.0 Å². The highest BCUT2D eigenvalue weighted by molar-refractivity contribution is 5.47. The predicted octanol–water partition coefficient (Wildman–Crippen LogP) is 3.07. The Kier molecular flexibility index (Phi) is 2.67. The molecule has 1 aromatic rings. The van der Waals surface area contributed by atoms with E-state index in [0.717, 1.165) is 25.0 Å². The van der Waals surface area contributed by atoms with Gasteiger partial charge < -0.3 is 9.47 Å². The Morgan fingerprint density at radius 3 is 2.71 bits per heavy atom. The van der Waals surface area contributed by atoms with Crippen LogP contribution in [0.5, 0.6) is 5.75 Å². The smallest absolute Gasteiger partial charge is 0.119 e. The summed E-state index contributed by atoms with van der Waals surface area (Å²) >= 11 is 0. The first kappa shape index (κ1) is 10.8. The lowest BCUT2D eigenvalue weighted by Gasteiger charge is -2.32. The van der Waals surface area contributed by atoms with Crippen molar-refractivity contribution < 1.29 is 9.47 Å². The Morgan fingerprint density at radius 1 is 1.24 bits per heavy atom. The monoisotopic (exact) mass is 230 g/mol. The second-order valence-corrected chi connectivity index (χ2v) is 4.84. The minimum absolute atomic E-state index is 0.336. The van der Waals surface area contributed by atoms with Crippen LogP contribution in [0, 0.1) is 0 Å². The maximum atomic E-state index is 5.65. The third-order valence-corrected chi connectivity index (χ3v) is 3.90. The minimum Gasteiger partial charge on any atom is -0.497 e. The van der Waals surface area contributed by atoms with Gasteiger partial charge in [-0.25, -0.2) is 0 Å². The van der Waals surface area contributed by atoms with Crippen LogP contribution < -0.4 is 4.74 Å². The van der Waals surface area contributed by atoms with Crippen molar-refractivity contribution in [3.05, 3.63) is 41.0 Å². The number of ether oxygens (including phenoxy) is 2. The fourth-order valence-electron chi connectivity index (χ4n) is 2.89. The molecule has 0 bridgehead atoms. The van der Waals surface area contributed by atoms with E-state index >= 15 is 0 Å². The van der Waals surface area contributed by atoms with Crippen molar-refractivity contribution in [2.45, 2.75) is 31.3 Å². The van der Waals surface area contributed by atoms with E-state index in [4.69, 9.17) is 9.47 Å². The summed E-state index contributed by atoms with van der Waals surface area (Å²) in [6.45, 7) is 0. The van der Waals surface area contributed by atoms with Gasteiger partial charge in [0.15, 0.2) is 0 Å². The van der Waals surface area contributed by atoms with Gasteiger partial charge in [-0.1, -0.05) is 17.7 Å². The molecule has 0 spiro atoms. The van der Waals surface area contributed by atoms with E-state index in [2.05, 4.69) is 24.3 Å². The zero-order chi connectivity index (χ0) is 11.8. The molecule has 2 aliphatic carbocycles. The van der Waals surface area contributed by atoms with E-state index in [9.17, 15) is 0 Å². The SMILES string of the molecule is COc1ccc2c(c1)C(C1=CC1)C(OC)CC2. The molecule has 0 radical (unpaired) electrons. The highest BCUT2D eigenvalue weighted by atomic mass is 16.5. The van der Waals surface area contributed by atoms with Gasteiger partial charge >= 0.3 is 0 Å². The fraction of sp³-hybridized carbons (Fsp3) is 0.467. The average molecular weight is 230 g/mol. The molecule has 2 atom stereocenters. The predicted molar refractivity (Wildman–Crippen MR) is 67.6 cm³/mol. The number of fused-ring (bicyclic) bond motifs is 1. The van der Waals surface area contributed by atoms with Gasteiger partial charge in [-0.05, 0) is 42.5 Å². The highest BCUT2D eigenvalue weighted by Crippen LogP contribution is 2.45. The summed E-state index contributed by atoms with van der Waals surface area (Å²) in [6.07, 6.45) is 6.04. The Morgan fingerprint density at radius 2 is 2.06 bits per heavy atom. The van der Waals surface area contributed by atoms with E-state index in [-0.39, 0.29) is 0 Å². The van der Waals surface area contributed by atoms with Crippen LogP contribution in [-0.2, 0) is 11.2 Å². The van der Waals surface area contributed by atoms with Crippen LogP contribution in [0.2, 0.25) is 0 Å². The number of aryl methyl sites for hydroxylation is 1. The Labute approximate surface area is 102 Å². The summed E-state index contributed by atoms with van der Waals surface area (Å²) in [5, 5.41) is 0. The van der Waals surface area contributed by atoms with Crippen LogP contribution in [0.1, 0.15) is 29.9 Å². The molecule has 17 heavy (non-hydrogen) atoms. The third kappa shape index (κ3) is 1.87. The van der Waals surface area contributed by atoms with Crippen molar-refractivity contribution in [3.8, 4) is 5.75 Å². The minimum atomic E-state index is 0.336. The zero-order valence-corrected chi connectivity index (χ0v) is 10.4. The Hall–Kier alpha value is -1.28. The molecule has 0 saturated carbocycles. The van der Waals surface area contributed by atoms with Crippen LogP contribution in [-0.4, -0.2) is 20.3 Å². The molecule has 3 rings (SSSR count). The molecular formula is C15H18O2. The first-order valence-corrected chi connectivity index (χ1v) is 6.22. The molecule has 0 N–H and O–H groups in total. The maximum Gasteiger partial charge on any atom is 0.119 e. The molecule has 2 nitrogen and oxygen atoms in total. The zero-order valence-electron chi connectivity index (χ0n) is 10.4. The largest absolute Gasteiger partial charge is 0.497 e. The third-order valence-electron chi connectivity index (χ3n) is 3.90. The van der Waals surface area contributed by atoms with Crippen LogP contribution >= 0.6 is 0 Å². The molecule has 2 aliphatic rings. The van der Waals surface area contributed by atoms with Gasteiger partial charge in [-0.3, -0.25) is 0 Å². The lowest BCUT2D eigenvalue weighted by molar-refractivity contribution is 0.0767. The summed E-state index contributed by atoms with van der Waals surface area (Å²) in [6, 6.07) is 6.45. The first-order valence-electron chi connectivity index (χ1n) is 6.22. The van der Waals surface area contributed by atoms with Crippen molar-refractivity contribution in [1.29, 1.82) is 0 Å². The molecule has 0 amide bonds. The molecule has 1 aromatic carbocycles. The van der Waals surface area contributed by atoms with Crippen molar-refractivity contribution in [2.75, 3.05) is 14.2 Å². The molecule has 0 heterocycles. The Bertz CT molecular complexity index is 462. The fourth-order valence-corrected chi connectivity index (χ4v) is 2.89. The molecule has 0 fully saturated rings. The number of rotatable bonds is 3. The lowest BCUT2D eigenvalue weighted by Crippen LogP contribution is -2.27. The average Bonchev–Trinajstić information content (AvgIpc) is 3.20. The summed E-state index contributed by atoms with van der Waals surface area (Å²) in [7, 11) is 3.55. The van der Waals surface area contributed by atoms with E-state index < -0.39 is 0 Å². The number of methoxy groups -OCH3 is 2. The van der Waals surface area contributed by atoms with Gasteiger partial charge in [0.05, 0.1) is 13.2 Å². The van der Waals surface area contributed by atoms with Crippen LogP contribution in [0.15, 0.2) is 29.8 Å². The first-order chi connectivity index (χ1) is 8.33. The van der Waals surface area contributed by atoms with E-state index in [1.807, 2.05) is 7.11 Å². The topological polar surface area (TPSA) is 18.5 Å². The van der Waals surface area contributed by atoms with Crippen LogP contribution in [0.4, 0.5) is 0 Å². The lowest BCUT2D eigenvalue weighted by atomic mass is 9.79. The van der Waals surface area contributed by atoms with Gasteiger partial charge in [0.1, 0.15) is 5.75 Å². The number of hydrogen-bond donors (Lipinski definition) is 0. The van der Waals surface area contributed by atoms with Gasteiger partial charge in [0.25, 0.3) is 0 Å². The highest BCUT2D eigenvalue weighted by Gasteiger charge is 2.35. The van der Waals surface area contributed by atoms with Gasteiger partial charge in [-0.2, -0.15) is 0 Å². The summed E-state index contributed by atoms with van der Waals surface area (Å²) < 4.78 is 11.0. The van der Waals surface area contributed by atoms with Gasteiger partial charge in [0.2, 0.25) is 0 Å². The molecule has 0 aliphatic heterocycles. The van der Waals surface area contributed by atoms with E-state index in [1.165, 1.54) is 16.7 Å². The standard InChI is InChI=1S/C15H18O2/c1-16-12-7-5-10-6-8-14(17-2)15(11-3-4-11)13(10)9-12/h3,5,7,9,14-15H,4,6,8H2,1-2H3. The quantitative estimate of drug-likeness (QED) is 0.743. The second-order valence-electron chi connectivity index (χ2n) is 4.84. The number of benzene rings is 1. The van der Waals surface area contributed by atoms with Gasteiger partial charge in [-0.15, -0.1) is 0 Å². The maximum absolute atomic E-state index is 5.65. The van der Waals surface area contributed by atoms with Crippen molar-refractivity contribution in [3.63, 3.8) is 0 Å². The van der Waals surface area contributed by atoms with Crippen LogP contribution in [0.3, 0.4) is 0 Å². The molecule has 0 saturated heterocycles. The second kappa shape index (κ2) is 4.19. The van der Waals surface area contributed by atoms with Crippen molar-refractivity contribution in [1.82, 2.24) is 0 Å². The summed E-state index contributed by atoms with van der Waals surface area (Å²) in [4.78, 5) is 0. The normalized spacial score (nSPS) is 26.1. The van der Waals surface area contributed by atoms with E-state index in [1.54, 1.807) is 7.11 Å². The number of hydrogen-bond acceptors (Lipinski definition) is 2. The van der Waals surface area contributed by atoms with Gasteiger partial charge in [0, 0.05) is 13.0 Å². The summed E-state index contributed by atoms with van der Waals surface area (Å²) in [5.74, 6) is 1.41. The van der Waals surface area contributed by atoms with Crippen molar-refractivity contribution in [2.24, 2.45) is 0 Å². The number of allylic oxidation sites excluding steroid dienone is 1. The van der Waals surface area contributed by atoms with Crippen molar-refractivity contribution >= 4 is 0 Å².